The highest BCUT2D eigenvalue weighted by molar-refractivity contribution is 14.1. The minimum absolute atomic E-state index is 0.241. The minimum Gasteiger partial charge on any atom is -0.338 e. The first kappa shape index (κ1) is 11.9. The molecule has 0 aliphatic carbocycles. The van der Waals surface area contributed by atoms with Crippen molar-refractivity contribution < 1.29 is 0 Å². The van der Waals surface area contributed by atoms with Crippen LogP contribution in [0.2, 0.25) is 0 Å². The predicted octanol–water partition coefficient (Wildman–Crippen LogP) is 1.61. The number of nitrogens with one attached hydrogen (secondary N) is 1. The second-order valence-corrected chi connectivity index (χ2v) is 5.73. The number of hydrogen-bond donors (Lipinski definition) is 2. The zero-order chi connectivity index (χ0) is 12.5. The first-order valence-electron chi connectivity index (χ1n) is 5.91. The number of nitrogens with zero attached hydrogens (tertiary/aromatic N) is 3. The Bertz CT molecular complexity index is 536. The lowest BCUT2D eigenvalue weighted by molar-refractivity contribution is 0.750. The summed E-state index contributed by atoms with van der Waals surface area (Å²) in [5.41, 5.74) is 6.94. The normalized spacial score (nSPS) is 19.4. The Morgan fingerprint density at radius 1 is 1.33 bits per heavy atom. The van der Waals surface area contributed by atoms with E-state index in [-0.39, 0.29) is 6.04 Å². The highest BCUT2D eigenvalue weighted by Crippen LogP contribution is 2.20. The number of H-pyrrole nitrogens is 1. The molecule has 0 saturated carbocycles. The standard InChI is InChI=1S/C12H14IN5/c13-9-3-1-8(2-4-9)11-15-12(17-16-11)18-6-5-10(14)7-18/h1-4,10H,5-7,14H2,(H,15,16,17). The van der Waals surface area contributed by atoms with Crippen LogP contribution in [0.4, 0.5) is 5.95 Å². The fourth-order valence-electron chi connectivity index (χ4n) is 2.10. The average molecular weight is 355 g/mol. The van der Waals surface area contributed by atoms with Gasteiger partial charge in [0.05, 0.1) is 0 Å². The van der Waals surface area contributed by atoms with E-state index in [4.69, 9.17) is 5.73 Å². The van der Waals surface area contributed by atoms with Gasteiger partial charge in [-0.3, -0.25) is 5.10 Å². The molecule has 6 heteroatoms. The van der Waals surface area contributed by atoms with Gasteiger partial charge in [0, 0.05) is 28.3 Å². The van der Waals surface area contributed by atoms with Gasteiger partial charge in [-0.05, 0) is 41.1 Å². The Kier molecular flexibility index (Phi) is 3.21. The maximum atomic E-state index is 5.89. The molecule has 0 bridgehead atoms. The lowest BCUT2D eigenvalue weighted by Crippen LogP contribution is -2.26. The summed E-state index contributed by atoms with van der Waals surface area (Å²) in [6.07, 6.45) is 1.01. The van der Waals surface area contributed by atoms with Gasteiger partial charge in [-0.2, -0.15) is 4.98 Å². The first-order chi connectivity index (χ1) is 8.72. The van der Waals surface area contributed by atoms with E-state index in [1.54, 1.807) is 0 Å². The second-order valence-electron chi connectivity index (χ2n) is 4.49. The smallest absolute Gasteiger partial charge is 0.245 e. The number of aromatic amines is 1. The van der Waals surface area contributed by atoms with Crippen LogP contribution in [0, 0.1) is 3.57 Å². The van der Waals surface area contributed by atoms with Gasteiger partial charge in [0.25, 0.3) is 0 Å². The van der Waals surface area contributed by atoms with E-state index in [0.717, 1.165) is 36.8 Å². The van der Waals surface area contributed by atoms with E-state index in [1.807, 2.05) is 12.1 Å². The number of benzene rings is 1. The van der Waals surface area contributed by atoms with Crippen LogP contribution in [-0.2, 0) is 0 Å². The number of aromatic nitrogens is 3. The highest BCUT2D eigenvalue weighted by Gasteiger charge is 2.22. The molecule has 1 aliphatic heterocycles. The molecule has 1 atom stereocenters. The molecular formula is C12H14IN5. The molecule has 5 nitrogen and oxygen atoms in total. The number of nitrogens with two attached hydrogens (primary N) is 1. The van der Waals surface area contributed by atoms with E-state index in [0.29, 0.717) is 0 Å². The Labute approximate surface area is 119 Å². The highest BCUT2D eigenvalue weighted by atomic mass is 127. The molecule has 1 unspecified atom stereocenters. The van der Waals surface area contributed by atoms with Gasteiger partial charge < -0.3 is 10.6 Å². The van der Waals surface area contributed by atoms with E-state index < -0.39 is 0 Å². The van der Waals surface area contributed by atoms with Crippen molar-refractivity contribution in [2.75, 3.05) is 18.0 Å². The van der Waals surface area contributed by atoms with Crippen LogP contribution in [0.15, 0.2) is 24.3 Å². The third-order valence-electron chi connectivity index (χ3n) is 3.10. The topological polar surface area (TPSA) is 70.8 Å². The first-order valence-corrected chi connectivity index (χ1v) is 6.99. The summed E-state index contributed by atoms with van der Waals surface area (Å²) in [6, 6.07) is 8.45. The Hall–Kier alpha value is -1.15. The SMILES string of the molecule is NC1CCN(c2n[nH]c(-c3ccc(I)cc3)n2)C1. The summed E-state index contributed by atoms with van der Waals surface area (Å²) < 4.78 is 1.21. The van der Waals surface area contributed by atoms with Crippen molar-refractivity contribution in [3.8, 4) is 11.4 Å². The van der Waals surface area contributed by atoms with Gasteiger partial charge in [-0.25, -0.2) is 0 Å². The van der Waals surface area contributed by atoms with E-state index >= 15 is 0 Å². The number of anilines is 1. The lowest BCUT2D eigenvalue weighted by Gasteiger charge is -2.11. The molecule has 0 radical (unpaired) electrons. The summed E-state index contributed by atoms with van der Waals surface area (Å²) in [5, 5.41) is 7.25. The summed E-state index contributed by atoms with van der Waals surface area (Å²) in [7, 11) is 0. The zero-order valence-corrected chi connectivity index (χ0v) is 12.0. The van der Waals surface area contributed by atoms with Crippen molar-refractivity contribution >= 4 is 28.5 Å². The Morgan fingerprint density at radius 3 is 2.78 bits per heavy atom. The van der Waals surface area contributed by atoms with Crippen LogP contribution < -0.4 is 10.6 Å². The zero-order valence-electron chi connectivity index (χ0n) is 9.81. The molecule has 94 valence electrons. The van der Waals surface area contributed by atoms with Crippen LogP contribution in [0.1, 0.15) is 6.42 Å². The third kappa shape index (κ3) is 2.35. The fourth-order valence-corrected chi connectivity index (χ4v) is 2.46. The van der Waals surface area contributed by atoms with Crippen molar-refractivity contribution in [3.63, 3.8) is 0 Å². The molecular weight excluding hydrogens is 341 g/mol. The number of halogens is 1. The van der Waals surface area contributed by atoms with E-state index in [2.05, 4.69) is 54.8 Å². The molecule has 1 aromatic carbocycles. The molecule has 18 heavy (non-hydrogen) atoms. The van der Waals surface area contributed by atoms with Gasteiger partial charge >= 0.3 is 0 Å². The van der Waals surface area contributed by atoms with E-state index in [9.17, 15) is 0 Å². The van der Waals surface area contributed by atoms with Crippen molar-refractivity contribution in [2.45, 2.75) is 12.5 Å². The van der Waals surface area contributed by atoms with Gasteiger partial charge in [0.2, 0.25) is 5.95 Å². The maximum absolute atomic E-state index is 5.89. The van der Waals surface area contributed by atoms with Crippen molar-refractivity contribution in [1.29, 1.82) is 0 Å². The Morgan fingerprint density at radius 2 is 2.11 bits per heavy atom. The minimum atomic E-state index is 0.241. The largest absolute Gasteiger partial charge is 0.338 e. The van der Waals surface area contributed by atoms with Crippen LogP contribution >= 0.6 is 22.6 Å². The van der Waals surface area contributed by atoms with Crippen molar-refractivity contribution in [1.82, 2.24) is 15.2 Å². The van der Waals surface area contributed by atoms with Crippen LogP contribution in [0.25, 0.3) is 11.4 Å². The van der Waals surface area contributed by atoms with Crippen molar-refractivity contribution in [2.24, 2.45) is 5.73 Å². The molecule has 1 aromatic heterocycles. The molecule has 2 aromatic rings. The van der Waals surface area contributed by atoms with Gasteiger partial charge in [-0.1, -0.05) is 12.1 Å². The summed E-state index contributed by atoms with van der Waals surface area (Å²) in [4.78, 5) is 6.65. The molecule has 0 spiro atoms. The molecule has 1 fully saturated rings. The van der Waals surface area contributed by atoms with Gasteiger partial charge in [0.15, 0.2) is 5.82 Å². The summed E-state index contributed by atoms with van der Waals surface area (Å²) in [6.45, 7) is 1.77. The molecule has 3 N–H and O–H groups in total. The summed E-state index contributed by atoms with van der Waals surface area (Å²) in [5.74, 6) is 1.55. The van der Waals surface area contributed by atoms with E-state index in [1.165, 1.54) is 3.57 Å². The molecule has 1 aliphatic rings. The summed E-state index contributed by atoms with van der Waals surface area (Å²) >= 11 is 2.29. The van der Waals surface area contributed by atoms with Crippen LogP contribution in [0.3, 0.4) is 0 Å². The fraction of sp³-hybridized carbons (Fsp3) is 0.333. The van der Waals surface area contributed by atoms with Crippen LogP contribution in [-0.4, -0.2) is 34.3 Å². The molecule has 1 saturated heterocycles. The van der Waals surface area contributed by atoms with Crippen molar-refractivity contribution in [3.05, 3.63) is 27.8 Å². The molecule has 3 rings (SSSR count). The Balaban J connectivity index is 1.83. The monoisotopic (exact) mass is 355 g/mol. The number of rotatable bonds is 2. The number of hydrogen-bond acceptors (Lipinski definition) is 4. The quantitative estimate of drug-likeness (QED) is 0.804. The maximum Gasteiger partial charge on any atom is 0.245 e. The third-order valence-corrected chi connectivity index (χ3v) is 3.82. The van der Waals surface area contributed by atoms with Gasteiger partial charge in [0.1, 0.15) is 0 Å². The van der Waals surface area contributed by atoms with Gasteiger partial charge in [-0.15, -0.1) is 5.10 Å². The second kappa shape index (κ2) is 4.85. The predicted molar refractivity (Wildman–Crippen MR) is 79.3 cm³/mol. The molecule has 2 heterocycles. The molecule has 0 amide bonds. The average Bonchev–Trinajstić information content (AvgIpc) is 2.98. The van der Waals surface area contributed by atoms with Crippen LogP contribution in [0.5, 0.6) is 0 Å². The lowest BCUT2D eigenvalue weighted by atomic mass is 10.2.